The van der Waals surface area contributed by atoms with Crippen LogP contribution in [0, 0.1) is 5.82 Å². The van der Waals surface area contributed by atoms with Gasteiger partial charge in [0.15, 0.2) is 0 Å². The number of aromatic amines is 1. The fourth-order valence-electron chi connectivity index (χ4n) is 2.03. The van der Waals surface area contributed by atoms with Gasteiger partial charge in [-0.05, 0) is 30.3 Å². The van der Waals surface area contributed by atoms with E-state index in [1.54, 1.807) is 24.3 Å². The molecule has 0 saturated carbocycles. The van der Waals surface area contributed by atoms with Crippen molar-refractivity contribution in [1.29, 1.82) is 0 Å². The molecule has 1 aromatic heterocycles. The predicted octanol–water partition coefficient (Wildman–Crippen LogP) is 2.74. The first-order chi connectivity index (χ1) is 9.69. The van der Waals surface area contributed by atoms with Gasteiger partial charge >= 0.3 is 0 Å². The smallest absolute Gasteiger partial charge is 0.259 e. The third-order valence-electron chi connectivity index (χ3n) is 3.04. The third-order valence-corrected chi connectivity index (χ3v) is 3.04. The highest BCUT2D eigenvalue weighted by molar-refractivity contribution is 5.79. The van der Waals surface area contributed by atoms with Gasteiger partial charge in [-0.2, -0.15) is 0 Å². The van der Waals surface area contributed by atoms with E-state index in [0.717, 1.165) is 0 Å². The SMILES string of the molecule is COc1ccc(F)c(-c2nc3ccccc3c(=O)[nH]2)c1. The van der Waals surface area contributed by atoms with Crippen molar-refractivity contribution in [1.82, 2.24) is 9.97 Å². The van der Waals surface area contributed by atoms with Crippen molar-refractivity contribution in [2.75, 3.05) is 7.11 Å². The molecule has 0 aliphatic carbocycles. The van der Waals surface area contributed by atoms with Crippen LogP contribution in [0.1, 0.15) is 0 Å². The number of nitrogens with one attached hydrogen (secondary N) is 1. The zero-order valence-electron chi connectivity index (χ0n) is 10.7. The Morgan fingerprint density at radius 1 is 1.20 bits per heavy atom. The van der Waals surface area contributed by atoms with E-state index < -0.39 is 5.82 Å². The summed E-state index contributed by atoms with van der Waals surface area (Å²) in [5.74, 6) is 0.214. The molecule has 1 heterocycles. The molecule has 0 atom stereocenters. The van der Waals surface area contributed by atoms with Crippen molar-refractivity contribution in [3.8, 4) is 17.1 Å². The molecule has 0 unspecified atom stereocenters. The van der Waals surface area contributed by atoms with Crippen LogP contribution in [0.3, 0.4) is 0 Å². The minimum atomic E-state index is -0.468. The maximum absolute atomic E-state index is 13.9. The van der Waals surface area contributed by atoms with Crippen LogP contribution in [0.4, 0.5) is 4.39 Å². The van der Waals surface area contributed by atoms with E-state index in [4.69, 9.17) is 4.74 Å². The van der Waals surface area contributed by atoms with Crippen LogP contribution in [0.15, 0.2) is 47.3 Å². The fraction of sp³-hybridized carbons (Fsp3) is 0.0667. The molecule has 3 rings (SSSR count). The van der Waals surface area contributed by atoms with E-state index in [0.29, 0.717) is 16.7 Å². The van der Waals surface area contributed by atoms with Gasteiger partial charge in [-0.25, -0.2) is 9.37 Å². The maximum atomic E-state index is 13.9. The third kappa shape index (κ3) is 2.03. The van der Waals surface area contributed by atoms with Crippen LogP contribution < -0.4 is 10.3 Å². The quantitative estimate of drug-likeness (QED) is 0.779. The molecule has 0 spiro atoms. The van der Waals surface area contributed by atoms with E-state index in [-0.39, 0.29) is 16.9 Å². The molecular weight excluding hydrogens is 259 g/mol. The average Bonchev–Trinajstić information content (AvgIpc) is 2.48. The molecule has 2 aromatic carbocycles. The summed E-state index contributed by atoms with van der Waals surface area (Å²) in [6, 6.07) is 11.2. The number of rotatable bonds is 2. The van der Waals surface area contributed by atoms with Gasteiger partial charge in [-0.1, -0.05) is 12.1 Å². The van der Waals surface area contributed by atoms with Crippen molar-refractivity contribution >= 4 is 10.9 Å². The summed E-state index contributed by atoms with van der Waals surface area (Å²) in [6.07, 6.45) is 0. The highest BCUT2D eigenvalue weighted by Crippen LogP contribution is 2.24. The zero-order chi connectivity index (χ0) is 14.1. The summed E-state index contributed by atoms with van der Waals surface area (Å²) in [5.41, 5.74) is 0.425. The minimum Gasteiger partial charge on any atom is -0.497 e. The highest BCUT2D eigenvalue weighted by atomic mass is 19.1. The Kier molecular flexibility index (Phi) is 2.95. The average molecular weight is 270 g/mol. The van der Waals surface area contributed by atoms with Gasteiger partial charge in [-0.15, -0.1) is 0 Å². The van der Waals surface area contributed by atoms with Crippen molar-refractivity contribution < 1.29 is 9.13 Å². The van der Waals surface area contributed by atoms with Gasteiger partial charge in [0.25, 0.3) is 5.56 Å². The molecule has 100 valence electrons. The van der Waals surface area contributed by atoms with Gasteiger partial charge in [0.05, 0.1) is 23.6 Å². The van der Waals surface area contributed by atoms with E-state index in [2.05, 4.69) is 9.97 Å². The number of benzene rings is 2. The fourth-order valence-corrected chi connectivity index (χ4v) is 2.03. The van der Waals surface area contributed by atoms with Crippen molar-refractivity contribution in [2.45, 2.75) is 0 Å². The normalized spacial score (nSPS) is 10.7. The molecule has 4 nitrogen and oxygen atoms in total. The number of ether oxygens (including phenoxy) is 1. The first-order valence-corrected chi connectivity index (χ1v) is 6.02. The Hall–Kier alpha value is -2.69. The number of hydrogen-bond donors (Lipinski definition) is 1. The van der Waals surface area contributed by atoms with Crippen molar-refractivity contribution in [3.63, 3.8) is 0 Å². The Labute approximate surface area is 113 Å². The van der Waals surface area contributed by atoms with Crippen LogP contribution in [0.25, 0.3) is 22.3 Å². The van der Waals surface area contributed by atoms with Gasteiger partial charge in [0.1, 0.15) is 17.4 Å². The lowest BCUT2D eigenvalue weighted by Crippen LogP contribution is -2.10. The Bertz CT molecular complexity index is 843. The zero-order valence-corrected chi connectivity index (χ0v) is 10.7. The molecule has 20 heavy (non-hydrogen) atoms. The first-order valence-electron chi connectivity index (χ1n) is 6.02. The number of para-hydroxylation sites is 1. The second-order valence-corrected chi connectivity index (χ2v) is 4.28. The number of methoxy groups -OCH3 is 1. The topological polar surface area (TPSA) is 55.0 Å². The van der Waals surface area contributed by atoms with Gasteiger partial charge in [0.2, 0.25) is 0 Å². The van der Waals surface area contributed by atoms with E-state index in [1.165, 1.54) is 25.3 Å². The maximum Gasteiger partial charge on any atom is 0.259 e. The van der Waals surface area contributed by atoms with E-state index in [9.17, 15) is 9.18 Å². The number of hydrogen-bond acceptors (Lipinski definition) is 3. The standard InChI is InChI=1S/C15H11FN2O2/c1-20-9-6-7-12(16)11(8-9)14-17-13-5-3-2-4-10(13)15(19)18-14/h2-8H,1H3,(H,17,18,19). The molecule has 1 N–H and O–H groups in total. The molecule has 0 bridgehead atoms. The van der Waals surface area contributed by atoms with Gasteiger partial charge in [0, 0.05) is 0 Å². The number of halogens is 1. The monoisotopic (exact) mass is 270 g/mol. The lowest BCUT2D eigenvalue weighted by Gasteiger charge is -2.06. The summed E-state index contributed by atoms with van der Waals surface area (Å²) >= 11 is 0. The lowest BCUT2D eigenvalue weighted by molar-refractivity contribution is 0.414. The summed E-state index contributed by atoms with van der Waals surface area (Å²) in [6.45, 7) is 0. The second-order valence-electron chi connectivity index (χ2n) is 4.28. The molecule has 5 heteroatoms. The molecular formula is C15H11FN2O2. The summed E-state index contributed by atoms with van der Waals surface area (Å²) in [7, 11) is 1.49. The number of H-pyrrole nitrogens is 1. The van der Waals surface area contributed by atoms with Gasteiger partial charge in [-0.3, -0.25) is 4.79 Å². The van der Waals surface area contributed by atoms with Crippen molar-refractivity contribution in [2.24, 2.45) is 0 Å². The minimum absolute atomic E-state index is 0.185. The van der Waals surface area contributed by atoms with Crippen LogP contribution >= 0.6 is 0 Å². The molecule has 0 amide bonds. The molecule has 0 aliphatic rings. The number of fused-ring (bicyclic) bond motifs is 1. The number of aromatic nitrogens is 2. The summed E-state index contributed by atoms with van der Waals surface area (Å²) in [4.78, 5) is 18.9. The Morgan fingerprint density at radius 3 is 2.80 bits per heavy atom. The molecule has 0 aliphatic heterocycles. The highest BCUT2D eigenvalue weighted by Gasteiger charge is 2.11. The lowest BCUT2D eigenvalue weighted by atomic mass is 10.1. The summed E-state index contributed by atoms with van der Waals surface area (Å²) < 4.78 is 19.0. The van der Waals surface area contributed by atoms with E-state index in [1.807, 2.05) is 0 Å². The van der Waals surface area contributed by atoms with Crippen LogP contribution in [-0.4, -0.2) is 17.1 Å². The Morgan fingerprint density at radius 2 is 2.00 bits per heavy atom. The molecule has 3 aromatic rings. The van der Waals surface area contributed by atoms with Crippen molar-refractivity contribution in [3.05, 3.63) is 58.6 Å². The van der Waals surface area contributed by atoms with Crippen LogP contribution in [-0.2, 0) is 0 Å². The Balaban J connectivity index is 2.27. The largest absolute Gasteiger partial charge is 0.497 e. The second kappa shape index (κ2) is 4.77. The molecule has 0 fully saturated rings. The molecule has 0 radical (unpaired) electrons. The van der Waals surface area contributed by atoms with Crippen LogP contribution in [0.5, 0.6) is 5.75 Å². The predicted molar refractivity (Wildman–Crippen MR) is 74.3 cm³/mol. The van der Waals surface area contributed by atoms with Crippen LogP contribution in [0.2, 0.25) is 0 Å². The van der Waals surface area contributed by atoms with E-state index >= 15 is 0 Å². The van der Waals surface area contributed by atoms with Gasteiger partial charge < -0.3 is 9.72 Å². The summed E-state index contributed by atoms with van der Waals surface area (Å²) in [5, 5.41) is 0.472. The first kappa shape index (κ1) is 12.3. The molecule has 0 saturated heterocycles. The number of nitrogens with zero attached hydrogens (tertiary/aromatic N) is 1.